The van der Waals surface area contributed by atoms with Gasteiger partial charge in [0.1, 0.15) is 8.07 Å². The van der Waals surface area contributed by atoms with E-state index in [1.807, 2.05) is 17.1 Å². The van der Waals surface area contributed by atoms with Gasteiger partial charge in [0.2, 0.25) is 0 Å². The fourth-order valence-corrected chi connectivity index (χ4v) is 2.11. The molecule has 86 valence electrons. The van der Waals surface area contributed by atoms with Crippen molar-refractivity contribution in [3.63, 3.8) is 0 Å². The lowest BCUT2D eigenvalue weighted by Crippen LogP contribution is -2.16. The van der Waals surface area contributed by atoms with Gasteiger partial charge in [-0.15, -0.1) is 5.54 Å². The predicted molar refractivity (Wildman–Crippen MR) is 66.9 cm³/mol. The molecule has 0 aromatic carbocycles. The molecule has 2 rings (SSSR count). The largest absolute Gasteiger partial charge is 0.379 e. The molecule has 0 bridgehead atoms. The molecule has 1 fully saturated rings. The summed E-state index contributed by atoms with van der Waals surface area (Å²) in [6.45, 7) is 8.36. The van der Waals surface area contributed by atoms with Gasteiger partial charge in [0.25, 0.3) is 0 Å². The molecule has 0 N–H and O–H groups in total. The van der Waals surface area contributed by atoms with Gasteiger partial charge < -0.3 is 4.74 Å². The maximum atomic E-state index is 5.34. The monoisotopic (exact) mass is 234 g/mol. The smallest absolute Gasteiger partial charge is 0.129 e. The minimum absolute atomic E-state index is 0.405. The Morgan fingerprint density at radius 1 is 1.50 bits per heavy atom. The topological polar surface area (TPSA) is 27.1 Å². The molecule has 0 spiro atoms. The van der Waals surface area contributed by atoms with Crippen LogP contribution in [0.4, 0.5) is 0 Å². The molecule has 1 saturated heterocycles. The van der Waals surface area contributed by atoms with Crippen LogP contribution in [0.25, 0.3) is 0 Å². The maximum absolute atomic E-state index is 5.34. The molecule has 1 atom stereocenters. The molecule has 0 amide bonds. The van der Waals surface area contributed by atoms with Gasteiger partial charge in [-0.25, -0.2) is 0 Å². The molecule has 0 saturated carbocycles. The van der Waals surface area contributed by atoms with E-state index >= 15 is 0 Å². The van der Waals surface area contributed by atoms with Crippen LogP contribution in [0.2, 0.25) is 19.6 Å². The van der Waals surface area contributed by atoms with E-state index in [9.17, 15) is 0 Å². The Morgan fingerprint density at radius 3 is 2.94 bits per heavy atom. The maximum Gasteiger partial charge on any atom is 0.129 e. The number of aromatic nitrogens is 2. The summed E-state index contributed by atoms with van der Waals surface area (Å²) in [5.74, 6) is 3.22. The van der Waals surface area contributed by atoms with Crippen LogP contribution in [0.1, 0.15) is 18.0 Å². The zero-order chi connectivity index (χ0) is 11.6. The summed E-state index contributed by atoms with van der Waals surface area (Å²) < 4.78 is 7.33. The second-order valence-electron chi connectivity index (χ2n) is 5.23. The molecule has 1 aliphatic rings. The third-order valence-electron chi connectivity index (χ3n) is 2.46. The van der Waals surface area contributed by atoms with Crippen LogP contribution in [0, 0.1) is 11.5 Å². The highest BCUT2D eigenvalue weighted by Crippen LogP contribution is 2.17. The van der Waals surface area contributed by atoms with Gasteiger partial charge in [0, 0.05) is 12.8 Å². The molecule has 0 radical (unpaired) electrons. The number of nitrogens with zero attached hydrogens (tertiary/aromatic N) is 2. The second-order valence-corrected chi connectivity index (χ2v) is 9.98. The minimum Gasteiger partial charge on any atom is -0.379 e. The van der Waals surface area contributed by atoms with Crippen molar-refractivity contribution in [1.29, 1.82) is 0 Å². The van der Waals surface area contributed by atoms with E-state index in [0.717, 1.165) is 25.2 Å². The van der Waals surface area contributed by atoms with Crippen LogP contribution >= 0.6 is 0 Å². The molecule has 1 aromatic rings. The van der Waals surface area contributed by atoms with Gasteiger partial charge >= 0.3 is 0 Å². The van der Waals surface area contributed by atoms with E-state index in [0.29, 0.717) is 6.04 Å². The van der Waals surface area contributed by atoms with Crippen LogP contribution in [0.5, 0.6) is 0 Å². The van der Waals surface area contributed by atoms with Crippen LogP contribution in [-0.4, -0.2) is 31.1 Å². The molecule has 4 heteroatoms. The molecule has 1 aliphatic heterocycles. The zero-order valence-electron chi connectivity index (χ0n) is 10.2. The molecule has 3 nitrogen and oxygen atoms in total. The van der Waals surface area contributed by atoms with E-state index in [1.165, 1.54) is 0 Å². The average Bonchev–Trinajstić information content (AvgIpc) is 2.84. The van der Waals surface area contributed by atoms with Gasteiger partial charge in [-0.05, 0) is 6.42 Å². The van der Waals surface area contributed by atoms with Gasteiger partial charge in [-0.2, -0.15) is 5.10 Å². The van der Waals surface area contributed by atoms with Crippen molar-refractivity contribution in [3.05, 3.63) is 18.0 Å². The van der Waals surface area contributed by atoms with Crippen molar-refractivity contribution in [3.8, 4) is 11.5 Å². The highest BCUT2D eigenvalue weighted by molar-refractivity contribution is 6.83. The van der Waals surface area contributed by atoms with Crippen LogP contribution in [0.15, 0.2) is 12.4 Å². The quantitative estimate of drug-likeness (QED) is 0.549. The van der Waals surface area contributed by atoms with Gasteiger partial charge in [-0.3, -0.25) is 4.68 Å². The van der Waals surface area contributed by atoms with Crippen LogP contribution in [-0.2, 0) is 4.74 Å². The van der Waals surface area contributed by atoms with Crippen LogP contribution < -0.4 is 0 Å². The Labute approximate surface area is 97.8 Å². The summed E-state index contributed by atoms with van der Waals surface area (Å²) in [5.41, 5.74) is 4.37. The van der Waals surface area contributed by atoms with Crippen molar-refractivity contribution in [2.24, 2.45) is 0 Å². The van der Waals surface area contributed by atoms with Crippen molar-refractivity contribution in [2.75, 3.05) is 13.2 Å². The van der Waals surface area contributed by atoms with Gasteiger partial charge in [-0.1, -0.05) is 25.6 Å². The highest BCUT2D eigenvalue weighted by Gasteiger charge is 2.17. The van der Waals surface area contributed by atoms with Crippen molar-refractivity contribution in [1.82, 2.24) is 9.78 Å². The number of hydrogen-bond acceptors (Lipinski definition) is 2. The lowest BCUT2D eigenvalue weighted by Gasteiger charge is -2.06. The summed E-state index contributed by atoms with van der Waals surface area (Å²) in [6, 6.07) is 0.405. The Hall–Kier alpha value is -1.05. The second kappa shape index (κ2) is 4.44. The predicted octanol–water partition coefficient (Wildman–Crippen LogP) is 2.07. The van der Waals surface area contributed by atoms with E-state index < -0.39 is 8.07 Å². The zero-order valence-corrected chi connectivity index (χ0v) is 11.2. The summed E-state index contributed by atoms with van der Waals surface area (Å²) in [5, 5.41) is 4.35. The number of ether oxygens (including phenoxy) is 1. The third kappa shape index (κ3) is 2.97. The highest BCUT2D eigenvalue weighted by atomic mass is 28.3. The first-order chi connectivity index (χ1) is 7.54. The average molecular weight is 234 g/mol. The SMILES string of the molecule is C[Si](C)(C)C#Cc1cnn([C@H]2CCOC2)c1. The summed E-state index contributed by atoms with van der Waals surface area (Å²) >= 11 is 0. The molecule has 0 unspecified atom stereocenters. The Balaban J connectivity index is 2.09. The Bertz CT molecular complexity index is 416. The van der Waals surface area contributed by atoms with E-state index in [2.05, 4.69) is 36.2 Å². The fourth-order valence-electron chi connectivity index (χ4n) is 1.59. The van der Waals surface area contributed by atoms with Crippen molar-refractivity contribution >= 4 is 8.07 Å². The standard InChI is InChI=1S/C12H18N2OSi/c1-16(2,3)7-5-11-8-13-14(9-11)12-4-6-15-10-12/h8-9,12H,4,6,10H2,1-3H3/t12-/m0/s1. The normalized spacial score (nSPS) is 20.6. The lowest BCUT2D eigenvalue weighted by molar-refractivity contribution is 0.184. The summed E-state index contributed by atoms with van der Waals surface area (Å²) in [4.78, 5) is 0. The van der Waals surface area contributed by atoms with Gasteiger partial charge in [0.05, 0.1) is 24.4 Å². The van der Waals surface area contributed by atoms with Gasteiger partial charge in [0.15, 0.2) is 0 Å². The molecular formula is C12H18N2OSi. The first kappa shape index (κ1) is 11.4. The molecule has 0 aliphatic carbocycles. The fraction of sp³-hybridized carbons (Fsp3) is 0.583. The third-order valence-corrected chi connectivity index (χ3v) is 3.34. The van der Waals surface area contributed by atoms with E-state index in [1.54, 1.807) is 0 Å². The summed E-state index contributed by atoms with van der Waals surface area (Å²) in [7, 11) is -1.29. The molecular weight excluding hydrogens is 216 g/mol. The first-order valence-corrected chi connectivity index (χ1v) is 9.20. The van der Waals surface area contributed by atoms with Crippen molar-refractivity contribution in [2.45, 2.75) is 32.1 Å². The molecule has 2 heterocycles. The molecule has 1 aromatic heterocycles. The summed E-state index contributed by atoms with van der Waals surface area (Å²) in [6.07, 6.45) is 4.94. The molecule has 16 heavy (non-hydrogen) atoms. The minimum atomic E-state index is -1.29. The lowest BCUT2D eigenvalue weighted by atomic mass is 10.3. The van der Waals surface area contributed by atoms with Crippen LogP contribution in [0.3, 0.4) is 0 Å². The van der Waals surface area contributed by atoms with E-state index in [4.69, 9.17) is 4.74 Å². The van der Waals surface area contributed by atoms with E-state index in [-0.39, 0.29) is 0 Å². The first-order valence-electron chi connectivity index (χ1n) is 5.70. The Kier molecular flexibility index (Phi) is 3.17. The number of hydrogen-bond donors (Lipinski definition) is 0. The van der Waals surface area contributed by atoms with Crippen molar-refractivity contribution < 1.29 is 4.74 Å². The number of rotatable bonds is 1. The Morgan fingerprint density at radius 2 is 2.31 bits per heavy atom.